The van der Waals surface area contributed by atoms with Crippen molar-refractivity contribution in [2.45, 2.75) is 44.4 Å². The third-order valence-electron chi connectivity index (χ3n) is 3.85. The maximum absolute atomic E-state index is 11.0. The zero-order valence-corrected chi connectivity index (χ0v) is 12.3. The van der Waals surface area contributed by atoms with Crippen molar-refractivity contribution in [3.05, 3.63) is 28.3 Å². The fraction of sp³-hybridized carbons (Fsp3) is 0.533. The molecule has 1 fully saturated rings. The standard InChI is InChI=1S/C15H19ClO3/c1-9(2)11-6-10(7-12(16)14(11)19-3)15(4-5-15)8-13(17)18/h6-7,9H,4-5,8H2,1-3H3,(H,17,18). The summed E-state index contributed by atoms with van der Waals surface area (Å²) < 4.78 is 5.36. The number of halogens is 1. The Morgan fingerprint density at radius 2 is 2.11 bits per heavy atom. The van der Waals surface area contributed by atoms with Gasteiger partial charge in [-0.05, 0) is 36.0 Å². The van der Waals surface area contributed by atoms with Crippen molar-refractivity contribution in [2.75, 3.05) is 7.11 Å². The molecule has 0 bridgehead atoms. The molecular weight excluding hydrogens is 264 g/mol. The van der Waals surface area contributed by atoms with Crippen LogP contribution in [0.2, 0.25) is 5.02 Å². The highest BCUT2D eigenvalue weighted by atomic mass is 35.5. The summed E-state index contributed by atoms with van der Waals surface area (Å²) in [7, 11) is 1.61. The van der Waals surface area contributed by atoms with Crippen LogP contribution in [0.4, 0.5) is 0 Å². The Morgan fingerprint density at radius 1 is 1.47 bits per heavy atom. The summed E-state index contributed by atoms with van der Waals surface area (Å²) in [4.78, 5) is 11.0. The summed E-state index contributed by atoms with van der Waals surface area (Å²) in [6.45, 7) is 4.16. The summed E-state index contributed by atoms with van der Waals surface area (Å²) in [6, 6.07) is 3.92. The average Bonchev–Trinajstić information content (AvgIpc) is 3.07. The van der Waals surface area contributed by atoms with E-state index in [1.165, 1.54) is 0 Å². The van der Waals surface area contributed by atoms with E-state index in [4.69, 9.17) is 21.4 Å². The molecule has 1 saturated carbocycles. The Hall–Kier alpha value is -1.22. The molecule has 19 heavy (non-hydrogen) atoms. The van der Waals surface area contributed by atoms with Gasteiger partial charge in [0.15, 0.2) is 0 Å². The summed E-state index contributed by atoms with van der Waals surface area (Å²) in [5, 5.41) is 9.61. The van der Waals surface area contributed by atoms with Crippen LogP contribution in [0.15, 0.2) is 12.1 Å². The Balaban J connectivity index is 2.46. The molecule has 1 aromatic carbocycles. The first-order valence-corrected chi connectivity index (χ1v) is 6.87. The molecule has 1 aromatic rings. The predicted octanol–water partition coefficient (Wildman–Crippen LogP) is 3.98. The van der Waals surface area contributed by atoms with Crippen LogP contribution in [0.25, 0.3) is 0 Å². The quantitative estimate of drug-likeness (QED) is 0.888. The van der Waals surface area contributed by atoms with Crippen LogP contribution in [0, 0.1) is 0 Å². The van der Waals surface area contributed by atoms with E-state index in [9.17, 15) is 4.79 Å². The summed E-state index contributed by atoms with van der Waals surface area (Å²) in [5.74, 6) is 0.232. The van der Waals surface area contributed by atoms with Crippen LogP contribution in [0.3, 0.4) is 0 Å². The molecule has 3 nitrogen and oxygen atoms in total. The van der Waals surface area contributed by atoms with Gasteiger partial charge in [-0.15, -0.1) is 0 Å². The maximum Gasteiger partial charge on any atom is 0.304 e. The molecule has 1 aliphatic rings. The van der Waals surface area contributed by atoms with Crippen molar-refractivity contribution in [1.82, 2.24) is 0 Å². The molecule has 0 aliphatic heterocycles. The molecule has 0 saturated heterocycles. The third-order valence-corrected chi connectivity index (χ3v) is 4.13. The van der Waals surface area contributed by atoms with Gasteiger partial charge >= 0.3 is 5.97 Å². The van der Waals surface area contributed by atoms with Gasteiger partial charge in [-0.2, -0.15) is 0 Å². The van der Waals surface area contributed by atoms with Gasteiger partial charge in [0.1, 0.15) is 5.75 Å². The number of hydrogen-bond acceptors (Lipinski definition) is 2. The first kappa shape index (κ1) is 14.2. The number of ether oxygens (including phenoxy) is 1. The van der Waals surface area contributed by atoms with Crippen LogP contribution in [0.5, 0.6) is 5.75 Å². The highest BCUT2D eigenvalue weighted by molar-refractivity contribution is 6.32. The molecule has 1 aliphatic carbocycles. The zero-order chi connectivity index (χ0) is 14.2. The second-order valence-corrected chi connectivity index (χ2v) is 5.99. The van der Waals surface area contributed by atoms with E-state index in [-0.39, 0.29) is 17.8 Å². The Morgan fingerprint density at radius 3 is 2.53 bits per heavy atom. The van der Waals surface area contributed by atoms with E-state index in [1.807, 2.05) is 6.07 Å². The number of rotatable bonds is 5. The normalized spacial score (nSPS) is 16.5. The van der Waals surface area contributed by atoms with Crippen molar-refractivity contribution in [1.29, 1.82) is 0 Å². The summed E-state index contributed by atoms with van der Waals surface area (Å²) in [5.41, 5.74) is 1.86. The van der Waals surface area contributed by atoms with Crippen molar-refractivity contribution in [2.24, 2.45) is 0 Å². The van der Waals surface area contributed by atoms with Gasteiger partial charge in [0.05, 0.1) is 18.6 Å². The number of methoxy groups -OCH3 is 1. The molecule has 104 valence electrons. The van der Waals surface area contributed by atoms with Crippen LogP contribution in [-0.4, -0.2) is 18.2 Å². The van der Waals surface area contributed by atoms with Crippen molar-refractivity contribution in [3.63, 3.8) is 0 Å². The van der Waals surface area contributed by atoms with Crippen LogP contribution in [-0.2, 0) is 10.2 Å². The van der Waals surface area contributed by atoms with E-state index in [0.29, 0.717) is 10.8 Å². The molecule has 4 heteroatoms. The van der Waals surface area contributed by atoms with Crippen molar-refractivity contribution >= 4 is 17.6 Å². The lowest BCUT2D eigenvalue weighted by Gasteiger charge is -2.19. The van der Waals surface area contributed by atoms with E-state index < -0.39 is 5.97 Å². The Kier molecular flexibility index (Phi) is 3.77. The van der Waals surface area contributed by atoms with Crippen LogP contribution >= 0.6 is 11.6 Å². The summed E-state index contributed by atoms with van der Waals surface area (Å²) >= 11 is 6.28. The molecule has 0 radical (unpaired) electrons. The number of benzene rings is 1. The third kappa shape index (κ3) is 2.71. The Labute approximate surface area is 118 Å². The summed E-state index contributed by atoms with van der Waals surface area (Å²) in [6.07, 6.45) is 2.01. The molecule has 0 unspecified atom stereocenters. The minimum atomic E-state index is -0.754. The molecule has 2 rings (SSSR count). The second-order valence-electron chi connectivity index (χ2n) is 5.59. The lowest BCUT2D eigenvalue weighted by molar-refractivity contribution is -0.137. The fourth-order valence-electron chi connectivity index (χ4n) is 2.57. The monoisotopic (exact) mass is 282 g/mol. The number of carboxylic acid groups (broad SMARTS) is 1. The lowest BCUT2D eigenvalue weighted by atomic mass is 9.88. The molecule has 0 amide bonds. The molecule has 0 atom stereocenters. The average molecular weight is 283 g/mol. The number of carbonyl (C=O) groups is 1. The van der Waals surface area contributed by atoms with Crippen LogP contribution in [0.1, 0.15) is 50.2 Å². The number of carboxylic acids is 1. The molecule has 0 spiro atoms. The minimum Gasteiger partial charge on any atom is -0.495 e. The van der Waals surface area contributed by atoms with Crippen LogP contribution < -0.4 is 4.74 Å². The van der Waals surface area contributed by atoms with E-state index >= 15 is 0 Å². The predicted molar refractivity (Wildman–Crippen MR) is 75.3 cm³/mol. The molecule has 0 aromatic heterocycles. The molecule has 0 heterocycles. The van der Waals surface area contributed by atoms with Gasteiger partial charge in [-0.3, -0.25) is 4.79 Å². The van der Waals surface area contributed by atoms with E-state index in [1.54, 1.807) is 7.11 Å². The lowest BCUT2D eigenvalue weighted by Crippen LogP contribution is -2.13. The largest absolute Gasteiger partial charge is 0.495 e. The van der Waals surface area contributed by atoms with Gasteiger partial charge in [0.2, 0.25) is 0 Å². The van der Waals surface area contributed by atoms with Gasteiger partial charge in [-0.1, -0.05) is 31.5 Å². The second kappa shape index (κ2) is 5.04. The Bertz CT molecular complexity index is 504. The highest BCUT2D eigenvalue weighted by Crippen LogP contribution is 2.53. The first-order valence-electron chi connectivity index (χ1n) is 6.49. The first-order chi connectivity index (χ1) is 8.89. The molecule has 1 N–H and O–H groups in total. The smallest absolute Gasteiger partial charge is 0.304 e. The van der Waals surface area contributed by atoms with Gasteiger partial charge in [0.25, 0.3) is 0 Å². The topological polar surface area (TPSA) is 46.5 Å². The minimum absolute atomic E-state index is 0.174. The molecular formula is C15H19ClO3. The van der Waals surface area contributed by atoms with E-state index in [0.717, 1.165) is 24.0 Å². The fourth-order valence-corrected chi connectivity index (χ4v) is 2.88. The highest BCUT2D eigenvalue weighted by Gasteiger charge is 2.46. The van der Waals surface area contributed by atoms with E-state index in [2.05, 4.69) is 19.9 Å². The number of hydrogen-bond donors (Lipinski definition) is 1. The zero-order valence-electron chi connectivity index (χ0n) is 11.5. The van der Waals surface area contributed by atoms with Crippen molar-refractivity contribution in [3.8, 4) is 5.75 Å². The maximum atomic E-state index is 11.0. The van der Waals surface area contributed by atoms with Gasteiger partial charge in [-0.25, -0.2) is 0 Å². The SMILES string of the molecule is COc1c(Cl)cc(C2(CC(=O)O)CC2)cc1C(C)C. The van der Waals surface area contributed by atoms with Gasteiger partial charge in [0, 0.05) is 5.41 Å². The number of aliphatic carboxylic acids is 1. The van der Waals surface area contributed by atoms with Crippen molar-refractivity contribution < 1.29 is 14.6 Å². The van der Waals surface area contributed by atoms with Gasteiger partial charge < -0.3 is 9.84 Å².